The summed E-state index contributed by atoms with van der Waals surface area (Å²) in [4.78, 5) is 0. The van der Waals surface area contributed by atoms with Crippen LogP contribution in [0.1, 0.15) is 32.1 Å². The second-order valence-corrected chi connectivity index (χ2v) is 4.23. The number of nitrogens with one attached hydrogen (secondary N) is 1. The van der Waals surface area contributed by atoms with Crippen LogP contribution in [0, 0.1) is 0 Å². The molecule has 0 bridgehead atoms. The predicted octanol–water partition coefficient (Wildman–Crippen LogP) is 3.82. The van der Waals surface area contributed by atoms with Gasteiger partial charge in [0, 0.05) is 12.1 Å². The summed E-state index contributed by atoms with van der Waals surface area (Å²) >= 11 is 7.22. The van der Waals surface area contributed by atoms with Crippen molar-refractivity contribution in [2.75, 3.05) is 5.88 Å². The molecule has 0 aliphatic carbocycles. The number of unbranched alkanes of at least 4 members (excludes halogenated alkanes) is 3. The highest BCUT2D eigenvalue weighted by atomic mass is 35.5. The summed E-state index contributed by atoms with van der Waals surface area (Å²) in [5.41, 5.74) is 1.41. The van der Waals surface area contributed by atoms with Gasteiger partial charge in [0.2, 0.25) is 0 Å². The molecule has 0 fully saturated rings. The average Bonchev–Trinajstić information content (AvgIpc) is 2.19. The maximum Gasteiger partial charge on any atom is 0.0223 e. The largest absolute Gasteiger partial charge is 0.333 e. The van der Waals surface area contributed by atoms with Gasteiger partial charge in [-0.25, -0.2) is 0 Å². The fourth-order valence-corrected chi connectivity index (χ4v) is 1.98. The first-order chi connectivity index (χ1) is 6.43. The SMILES string of the molecule is ClCCCCCCC1=CNSC=C1. The van der Waals surface area contributed by atoms with Crippen LogP contribution in [0.15, 0.2) is 23.3 Å². The van der Waals surface area contributed by atoms with E-state index >= 15 is 0 Å². The van der Waals surface area contributed by atoms with E-state index in [0.29, 0.717) is 0 Å². The lowest BCUT2D eigenvalue weighted by Gasteiger charge is -2.06. The molecule has 1 aliphatic heterocycles. The van der Waals surface area contributed by atoms with Crippen molar-refractivity contribution < 1.29 is 0 Å². The van der Waals surface area contributed by atoms with E-state index in [0.717, 1.165) is 12.3 Å². The molecule has 0 amide bonds. The van der Waals surface area contributed by atoms with Crippen molar-refractivity contribution in [2.24, 2.45) is 0 Å². The van der Waals surface area contributed by atoms with Gasteiger partial charge in [-0.3, -0.25) is 0 Å². The first-order valence-corrected chi connectivity index (χ1v) is 6.17. The molecule has 1 nitrogen and oxygen atoms in total. The first-order valence-electron chi connectivity index (χ1n) is 4.76. The molecular formula is C10H16ClNS. The van der Waals surface area contributed by atoms with Gasteiger partial charge in [0.15, 0.2) is 0 Å². The smallest absolute Gasteiger partial charge is 0.0223 e. The van der Waals surface area contributed by atoms with Crippen LogP contribution in [0.25, 0.3) is 0 Å². The zero-order valence-electron chi connectivity index (χ0n) is 7.76. The van der Waals surface area contributed by atoms with Crippen LogP contribution in [-0.2, 0) is 0 Å². The molecule has 0 saturated heterocycles. The van der Waals surface area contributed by atoms with Crippen LogP contribution in [0.5, 0.6) is 0 Å². The molecule has 1 aliphatic rings. The Balaban J connectivity index is 1.99. The molecule has 1 heterocycles. The zero-order valence-corrected chi connectivity index (χ0v) is 9.33. The topological polar surface area (TPSA) is 12.0 Å². The van der Waals surface area contributed by atoms with Gasteiger partial charge < -0.3 is 4.72 Å². The molecule has 1 rings (SSSR count). The van der Waals surface area contributed by atoms with Crippen LogP contribution in [0.2, 0.25) is 0 Å². The Bertz CT molecular complexity index is 189. The van der Waals surface area contributed by atoms with Gasteiger partial charge in [-0.05, 0) is 48.3 Å². The first kappa shape index (κ1) is 11.0. The highest BCUT2D eigenvalue weighted by molar-refractivity contribution is 8.00. The molecule has 0 atom stereocenters. The highest BCUT2D eigenvalue weighted by Crippen LogP contribution is 2.15. The van der Waals surface area contributed by atoms with Crippen molar-refractivity contribution >= 4 is 23.5 Å². The second-order valence-electron chi connectivity index (χ2n) is 3.11. The second kappa shape index (κ2) is 7.34. The number of hydrogen-bond donors (Lipinski definition) is 1. The Morgan fingerprint density at radius 3 is 2.77 bits per heavy atom. The van der Waals surface area contributed by atoms with E-state index in [9.17, 15) is 0 Å². The molecule has 0 spiro atoms. The Kier molecular flexibility index (Phi) is 6.21. The summed E-state index contributed by atoms with van der Waals surface area (Å²) in [6, 6.07) is 0. The minimum Gasteiger partial charge on any atom is -0.333 e. The van der Waals surface area contributed by atoms with Crippen LogP contribution in [-0.4, -0.2) is 5.88 Å². The third-order valence-electron chi connectivity index (χ3n) is 2.01. The summed E-state index contributed by atoms with van der Waals surface area (Å²) in [6.07, 6.45) is 10.5. The lowest BCUT2D eigenvalue weighted by atomic mass is 10.1. The Hall–Kier alpha value is -0.0800. The maximum atomic E-state index is 5.59. The minimum atomic E-state index is 0.806. The van der Waals surface area contributed by atoms with E-state index in [2.05, 4.69) is 22.4 Å². The lowest BCUT2D eigenvalue weighted by Crippen LogP contribution is -1.96. The Labute approximate surface area is 89.8 Å². The zero-order chi connectivity index (χ0) is 9.36. The molecule has 0 aromatic carbocycles. The molecule has 0 aromatic rings. The lowest BCUT2D eigenvalue weighted by molar-refractivity contribution is 0.669. The van der Waals surface area contributed by atoms with Crippen molar-refractivity contribution in [1.29, 1.82) is 0 Å². The summed E-state index contributed by atoms with van der Waals surface area (Å²) in [7, 11) is 0. The number of hydrogen-bond acceptors (Lipinski definition) is 2. The van der Waals surface area contributed by atoms with E-state index in [1.54, 1.807) is 11.9 Å². The molecule has 0 aromatic heterocycles. The van der Waals surface area contributed by atoms with Crippen molar-refractivity contribution in [3.05, 3.63) is 23.3 Å². The van der Waals surface area contributed by atoms with E-state index in [1.807, 2.05) is 0 Å². The molecule has 0 unspecified atom stereocenters. The Morgan fingerprint density at radius 2 is 2.08 bits per heavy atom. The summed E-state index contributed by atoms with van der Waals surface area (Å²) in [5, 5.41) is 2.09. The molecule has 3 heteroatoms. The van der Waals surface area contributed by atoms with E-state index < -0.39 is 0 Å². The van der Waals surface area contributed by atoms with Gasteiger partial charge in [0.1, 0.15) is 0 Å². The van der Waals surface area contributed by atoms with E-state index in [-0.39, 0.29) is 0 Å². The molecule has 74 valence electrons. The molecule has 1 N–H and O–H groups in total. The fraction of sp³-hybridized carbons (Fsp3) is 0.600. The van der Waals surface area contributed by atoms with Gasteiger partial charge >= 0.3 is 0 Å². The molecular weight excluding hydrogens is 202 g/mol. The fourth-order valence-electron chi connectivity index (χ4n) is 1.25. The normalized spacial score (nSPS) is 15.3. The van der Waals surface area contributed by atoms with Gasteiger partial charge in [0.25, 0.3) is 0 Å². The van der Waals surface area contributed by atoms with Gasteiger partial charge in [-0.1, -0.05) is 12.8 Å². The summed E-state index contributed by atoms with van der Waals surface area (Å²) in [5.74, 6) is 0.806. The standard InChI is InChI=1S/C10H16ClNS/c11-7-4-2-1-3-5-10-6-8-13-12-9-10/h6,8-9,12H,1-5,7H2. The van der Waals surface area contributed by atoms with Crippen LogP contribution >= 0.6 is 23.5 Å². The predicted molar refractivity (Wildman–Crippen MR) is 61.8 cm³/mol. The number of rotatable bonds is 6. The Morgan fingerprint density at radius 1 is 1.23 bits per heavy atom. The third kappa shape index (κ3) is 5.27. The summed E-state index contributed by atoms with van der Waals surface area (Å²) in [6.45, 7) is 0. The van der Waals surface area contributed by atoms with Crippen molar-refractivity contribution in [1.82, 2.24) is 4.72 Å². The maximum absolute atomic E-state index is 5.59. The monoisotopic (exact) mass is 217 g/mol. The van der Waals surface area contributed by atoms with E-state index in [4.69, 9.17) is 11.6 Å². The van der Waals surface area contributed by atoms with Crippen molar-refractivity contribution in [3.8, 4) is 0 Å². The number of allylic oxidation sites excluding steroid dienone is 2. The van der Waals surface area contributed by atoms with Gasteiger partial charge in [-0.15, -0.1) is 11.6 Å². The summed E-state index contributed by atoms with van der Waals surface area (Å²) < 4.78 is 3.13. The quantitative estimate of drug-likeness (QED) is 0.412. The number of halogens is 1. The van der Waals surface area contributed by atoms with Crippen LogP contribution in [0.4, 0.5) is 0 Å². The third-order valence-corrected chi connectivity index (χ3v) is 2.80. The van der Waals surface area contributed by atoms with E-state index in [1.165, 1.54) is 31.3 Å². The van der Waals surface area contributed by atoms with Crippen molar-refractivity contribution in [2.45, 2.75) is 32.1 Å². The van der Waals surface area contributed by atoms with Gasteiger partial charge in [0.05, 0.1) is 0 Å². The van der Waals surface area contributed by atoms with Crippen molar-refractivity contribution in [3.63, 3.8) is 0 Å². The van der Waals surface area contributed by atoms with Gasteiger partial charge in [-0.2, -0.15) is 0 Å². The molecule has 0 radical (unpaired) electrons. The van der Waals surface area contributed by atoms with Crippen LogP contribution in [0.3, 0.4) is 0 Å². The molecule has 13 heavy (non-hydrogen) atoms. The average molecular weight is 218 g/mol. The highest BCUT2D eigenvalue weighted by Gasteiger charge is 1.96. The minimum absolute atomic E-state index is 0.806. The molecule has 0 saturated carbocycles. The number of alkyl halides is 1. The van der Waals surface area contributed by atoms with Crippen LogP contribution < -0.4 is 4.72 Å².